The summed E-state index contributed by atoms with van der Waals surface area (Å²) in [5.74, 6) is -0.505. The van der Waals surface area contributed by atoms with Crippen molar-refractivity contribution < 1.29 is 29.6 Å². The number of aliphatic hydroxyl groups is 3. The molecule has 2 aliphatic heterocycles. The molecule has 6 unspecified atom stereocenters. The van der Waals surface area contributed by atoms with Gasteiger partial charge >= 0.3 is 5.97 Å². The highest BCUT2D eigenvalue weighted by Gasteiger charge is 2.42. The van der Waals surface area contributed by atoms with E-state index in [0.29, 0.717) is 12.8 Å². The van der Waals surface area contributed by atoms with Crippen LogP contribution in [-0.2, 0) is 14.3 Å². The van der Waals surface area contributed by atoms with Crippen molar-refractivity contribution in [3.05, 3.63) is 12.2 Å². The first-order valence-corrected chi connectivity index (χ1v) is 12.0. The molecule has 0 aromatic carbocycles. The molecule has 6 nitrogen and oxygen atoms in total. The van der Waals surface area contributed by atoms with E-state index >= 15 is 0 Å². The molecule has 0 saturated carbocycles. The molecule has 6 heteroatoms. The number of cyclic esters (lactones) is 1. The molecule has 0 aliphatic carbocycles. The summed E-state index contributed by atoms with van der Waals surface area (Å²) in [5.41, 5.74) is 0. The lowest BCUT2D eigenvalue weighted by Gasteiger charge is -2.21. The smallest absolute Gasteiger partial charge is 0.330 e. The second kappa shape index (κ2) is 14.2. The largest absolute Gasteiger partial charge is 0.459 e. The third-order valence-corrected chi connectivity index (χ3v) is 6.08. The van der Waals surface area contributed by atoms with Crippen molar-refractivity contribution in [3.8, 4) is 0 Å². The molecule has 30 heavy (non-hydrogen) atoms. The van der Waals surface area contributed by atoms with Gasteiger partial charge in [0.15, 0.2) is 0 Å². The summed E-state index contributed by atoms with van der Waals surface area (Å²) < 4.78 is 11.1. The van der Waals surface area contributed by atoms with E-state index in [-0.39, 0.29) is 24.7 Å². The van der Waals surface area contributed by atoms with E-state index < -0.39 is 24.3 Å². The number of aliphatic hydroxyl groups excluding tert-OH is 3. The maximum absolute atomic E-state index is 12.2. The van der Waals surface area contributed by atoms with Crippen LogP contribution >= 0.6 is 0 Å². The number of carbonyl (C=O) groups is 1. The highest BCUT2D eigenvalue weighted by Crippen LogP contribution is 2.31. The Labute approximate surface area is 181 Å². The maximum Gasteiger partial charge on any atom is 0.330 e. The second-order valence-corrected chi connectivity index (χ2v) is 9.13. The van der Waals surface area contributed by atoms with E-state index in [0.717, 1.165) is 25.7 Å². The lowest BCUT2D eigenvalue weighted by atomic mass is 10.00. The minimum absolute atomic E-state index is 0.0923. The zero-order valence-electron chi connectivity index (χ0n) is 18.6. The molecule has 2 rings (SSSR count). The van der Waals surface area contributed by atoms with Crippen LogP contribution in [0.2, 0.25) is 0 Å². The van der Waals surface area contributed by atoms with Crippen LogP contribution in [-0.4, -0.2) is 57.9 Å². The summed E-state index contributed by atoms with van der Waals surface area (Å²) >= 11 is 0. The zero-order chi connectivity index (χ0) is 21.8. The molecular formula is C24H42O6. The highest BCUT2D eigenvalue weighted by atomic mass is 16.6. The standard InChI is InChI=1S/C24H42O6/c1-18(25)16-19(26)17-20-12-10-8-6-4-2-3-5-7-9-11-13-22-24(30-22)21(27)14-15-23(28)29-20/h14-15,18-22,24-27H,2-13,16-17H2,1H3. The molecule has 2 aliphatic rings. The van der Waals surface area contributed by atoms with E-state index in [2.05, 4.69) is 0 Å². The van der Waals surface area contributed by atoms with Crippen molar-refractivity contribution in [1.82, 2.24) is 0 Å². The zero-order valence-corrected chi connectivity index (χ0v) is 18.6. The Balaban J connectivity index is 1.88. The molecule has 3 N–H and O–H groups in total. The average molecular weight is 427 g/mol. The van der Waals surface area contributed by atoms with E-state index in [1.165, 1.54) is 57.1 Å². The van der Waals surface area contributed by atoms with Crippen molar-refractivity contribution in [1.29, 1.82) is 0 Å². The van der Waals surface area contributed by atoms with Crippen LogP contribution in [0.5, 0.6) is 0 Å². The van der Waals surface area contributed by atoms with E-state index in [9.17, 15) is 20.1 Å². The first-order valence-electron chi connectivity index (χ1n) is 12.0. The Morgan fingerprint density at radius 2 is 1.53 bits per heavy atom. The van der Waals surface area contributed by atoms with Gasteiger partial charge in [-0.25, -0.2) is 4.79 Å². The third-order valence-electron chi connectivity index (χ3n) is 6.08. The molecule has 174 valence electrons. The molecule has 0 aromatic rings. The van der Waals surface area contributed by atoms with Crippen molar-refractivity contribution in [2.45, 2.75) is 133 Å². The highest BCUT2D eigenvalue weighted by molar-refractivity contribution is 5.82. The summed E-state index contributed by atoms with van der Waals surface area (Å²) in [6.45, 7) is 1.64. The van der Waals surface area contributed by atoms with Gasteiger partial charge in [0.1, 0.15) is 18.3 Å². The van der Waals surface area contributed by atoms with Crippen molar-refractivity contribution in [3.63, 3.8) is 0 Å². The Morgan fingerprint density at radius 3 is 2.13 bits per heavy atom. The summed E-state index contributed by atoms with van der Waals surface area (Å²) in [7, 11) is 0. The molecule has 0 amide bonds. The molecular weight excluding hydrogens is 384 g/mol. The second-order valence-electron chi connectivity index (χ2n) is 9.13. The molecule has 0 bridgehead atoms. The lowest BCUT2D eigenvalue weighted by Crippen LogP contribution is -2.26. The van der Waals surface area contributed by atoms with Crippen LogP contribution < -0.4 is 0 Å². The Morgan fingerprint density at radius 1 is 0.967 bits per heavy atom. The Hall–Kier alpha value is -0.950. The van der Waals surface area contributed by atoms with E-state index in [4.69, 9.17) is 9.47 Å². The molecule has 0 aromatic heterocycles. The van der Waals surface area contributed by atoms with Gasteiger partial charge in [0, 0.05) is 12.5 Å². The Bertz CT molecular complexity index is 506. The molecule has 0 spiro atoms. The van der Waals surface area contributed by atoms with Crippen molar-refractivity contribution >= 4 is 5.97 Å². The average Bonchev–Trinajstić information content (AvgIpc) is 3.45. The molecule has 0 radical (unpaired) electrons. The van der Waals surface area contributed by atoms with Gasteiger partial charge in [0.25, 0.3) is 0 Å². The summed E-state index contributed by atoms with van der Waals surface area (Å²) in [5, 5.41) is 29.9. The minimum Gasteiger partial charge on any atom is -0.459 e. The summed E-state index contributed by atoms with van der Waals surface area (Å²) in [6, 6.07) is 0. The maximum atomic E-state index is 12.2. The lowest BCUT2D eigenvalue weighted by molar-refractivity contribution is -0.145. The number of ether oxygens (including phenoxy) is 2. The van der Waals surface area contributed by atoms with Crippen LogP contribution in [0.4, 0.5) is 0 Å². The number of fused-ring (bicyclic) bond motifs is 1. The van der Waals surface area contributed by atoms with Crippen LogP contribution in [0.3, 0.4) is 0 Å². The van der Waals surface area contributed by atoms with Gasteiger partial charge in [-0.05, 0) is 38.7 Å². The SMILES string of the molecule is CC(O)CC(O)CC1CCCCCCCCCCCCC2OC2C(O)C=CC(=O)O1. The summed E-state index contributed by atoms with van der Waals surface area (Å²) in [4.78, 5) is 12.2. The predicted molar refractivity (Wildman–Crippen MR) is 116 cm³/mol. The van der Waals surface area contributed by atoms with Crippen LogP contribution in [0.1, 0.15) is 96.8 Å². The number of rotatable bonds is 4. The van der Waals surface area contributed by atoms with Gasteiger partial charge in [0.2, 0.25) is 0 Å². The first-order chi connectivity index (χ1) is 14.5. The van der Waals surface area contributed by atoms with Crippen molar-refractivity contribution in [2.75, 3.05) is 0 Å². The van der Waals surface area contributed by atoms with E-state index in [1.807, 2.05) is 0 Å². The van der Waals surface area contributed by atoms with Gasteiger partial charge < -0.3 is 24.8 Å². The molecule has 1 saturated heterocycles. The predicted octanol–water partition coefficient (Wildman–Crippen LogP) is 3.80. The number of epoxide rings is 1. The van der Waals surface area contributed by atoms with Crippen LogP contribution in [0, 0.1) is 0 Å². The van der Waals surface area contributed by atoms with Gasteiger partial charge in [0.05, 0.1) is 18.3 Å². The minimum atomic E-state index is -0.799. The summed E-state index contributed by atoms with van der Waals surface area (Å²) in [6.07, 6.45) is 14.3. The normalized spacial score (nSPS) is 32.5. The van der Waals surface area contributed by atoms with Crippen LogP contribution in [0.25, 0.3) is 0 Å². The fourth-order valence-electron chi connectivity index (χ4n) is 4.33. The molecule has 6 atom stereocenters. The quantitative estimate of drug-likeness (QED) is 0.467. The number of hydrogen-bond acceptors (Lipinski definition) is 6. The van der Waals surface area contributed by atoms with Gasteiger partial charge in [-0.1, -0.05) is 57.8 Å². The fourth-order valence-corrected chi connectivity index (χ4v) is 4.33. The van der Waals surface area contributed by atoms with Gasteiger partial charge in [-0.2, -0.15) is 0 Å². The monoisotopic (exact) mass is 426 g/mol. The van der Waals surface area contributed by atoms with Crippen molar-refractivity contribution in [2.24, 2.45) is 0 Å². The van der Waals surface area contributed by atoms with Gasteiger partial charge in [-0.3, -0.25) is 0 Å². The van der Waals surface area contributed by atoms with Crippen LogP contribution in [0.15, 0.2) is 12.2 Å². The molecule has 1 fully saturated rings. The number of carbonyl (C=O) groups excluding carboxylic acids is 1. The third kappa shape index (κ3) is 10.9. The Kier molecular flexibility index (Phi) is 12.0. The number of hydrogen-bond donors (Lipinski definition) is 3. The van der Waals surface area contributed by atoms with E-state index in [1.54, 1.807) is 6.92 Å². The number of esters is 1. The topological polar surface area (TPSA) is 99.5 Å². The fraction of sp³-hybridized carbons (Fsp3) is 0.875. The van der Waals surface area contributed by atoms with Gasteiger partial charge in [-0.15, -0.1) is 0 Å². The molecule has 2 heterocycles. The first kappa shape index (κ1) is 25.3.